The van der Waals surface area contributed by atoms with Gasteiger partial charge in [-0.05, 0) is 5.39 Å². The predicted octanol–water partition coefficient (Wildman–Crippen LogP) is 1.12. The van der Waals surface area contributed by atoms with E-state index in [1.165, 1.54) is 6.20 Å². The van der Waals surface area contributed by atoms with Crippen LogP contribution in [0.3, 0.4) is 0 Å². The van der Waals surface area contributed by atoms with Crippen molar-refractivity contribution in [2.45, 2.75) is 0 Å². The SMILES string of the molecule is NC(=O)COCCNC(=O)c1cnc(Cl)c2ccccc12. The number of primary amides is 1. The van der Waals surface area contributed by atoms with Crippen LogP contribution in [0.15, 0.2) is 30.5 Å². The first-order valence-electron chi connectivity index (χ1n) is 6.27. The number of amides is 2. The van der Waals surface area contributed by atoms with E-state index in [0.717, 1.165) is 10.8 Å². The number of ether oxygens (including phenoxy) is 1. The summed E-state index contributed by atoms with van der Waals surface area (Å²) in [6.07, 6.45) is 1.43. The van der Waals surface area contributed by atoms with E-state index in [1.807, 2.05) is 12.1 Å². The minimum absolute atomic E-state index is 0.165. The lowest BCUT2D eigenvalue weighted by atomic mass is 10.1. The van der Waals surface area contributed by atoms with Crippen LogP contribution in [0, 0.1) is 0 Å². The lowest BCUT2D eigenvalue weighted by Gasteiger charge is -2.08. The second-order valence-electron chi connectivity index (χ2n) is 4.28. The molecule has 0 saturated heterocycles. The van der Waals surface area contributed by atoms with Crippen LogP contribution in [0.2, 0.25) is 5.15 Å². The summed E-state index contributed by atoms with van der Waals surface area (Å²) in [5.74, 6) is -0.827. The Morgan fingerprint density at radius 2 is 2.00 bits per heavy atom. The van der Waals surface area contributed by atoms with E-state index in [9.17, 15) is 9.59 Å². The first kappa shape index (κ1) is 15.2. The van der Waals surface area contributed by atoms with Crippen LogP contribution in [0.4, 0.5) is 0 Å². The summed E-state index contributed by atoms with van der Waals surface area (Å²) >= 11 is 6.00. The van der Waals surface area contributed by atoms with Crippen LogP contribution in [-0.2, 0) is 9.53 Å². The van der Waals surface area contributed by atoms with Crippen molar-refractivity contribution in [2.24, 2.45) is 5.73 Å². The average Bonchev–Trinajstić information content (AvgIpc) is 2.47. The third-order valence-corrected chi connectivity index (χ3v) is 3.07. The van der Waals surface area contributed by atoms with Gasteiger partial charge < -0.3 is 15.8 Å². The van der Waals surface area contributed by atoms with Crippen molar-refractivity contribution in [1.29, 1.82) is 0 Å². The molecule has 0 bridgehead atoms. The van der Waals surface area contributed by atoms with E-state index >= 15 is 0 Å². The molecular formula is C14H14ClN3O3. The molecule has 0 atom stereocenters. The highest BCUT2D eigenvalue weighted by atomic mass is 35.5. The molecule has 1 aromatic carbocycles. The number of carbonyl (C=O) groups is 2. The van der Waals surface area contributed by atoms with Gasteiger partial charge in [-0.1, -0.05) is 35.9 Å². The van der Waals surface area contributed by atoms with E-state index in [1.54, 1.807) is 12.1 Å². The molecule has 0 fully saturated rings. The van der Waals surface area contributed by atoms with Crippen molar-refractivity contribution in [3.05, 3.63) is 41.2 Å². The zero-order valence-electron chi connectivity index (χ0n) is 11.1. The number of halogens is 1. The minimum atomic E-state index is -0.547. The fourth-order valence-corrected chi connectivity index (χ4v) is 2.06. The topological polar surface area (TPSA) is 94.3 Å². The molecular weight excluding hydrogens is 294 g/mol. The monoisotopic (exact) mass is 307 g/mol. The average molecular weight is 308 g/mol. The molecule has 0 unspecified atom stereocenters. The Kier molecular flexibility index (Phi) is 5.08. The first-order chi connectivity index (χ1) is 10.1. The molecule has 1 heterocycles. The number of benzene rings is 1. The van der Waals surface area contributed by atoms with Gasteiger partial charge in [-0.25, -0.2) is 4.98 Å². The number of rotatable bonds is 6. The summed E-state index contributed by atoms with van der Waals surface area (Å²) in [4.78, 5) is 26.6. The molecule has 0 aliphatic heterocycles. The van der Waals surface area contributed by atoms with Crippen LogP contribution in [0.5, 0.6) is 0 Å². The van der Waals surface area contributed by atoms with Crippen LogP contribution in [-0.4, -0.2) is 36.6 Å². The molecule has 0 aliphatic carbocycles. The van der Waals surface area contributed by atoms with E-state index < -0.39 is 5.91 Å². The number of aromatic nitrogens is 1. The highest BCUT2D eigenvalue weighted by Crippen LogP contribution is 2.23. The molecule has 7 heteroatoms. The van der Waals surface area contributed by atoms with E-state index in [4.69, 9.17) is 22.1 Å². The van der Waals surface area contributed by atoms with Crippen molar-refractivity contribution < 1.29 is 14.3 Å². The smallest absolute Gasteiger partial charge is 0.253 e. The van der Waals surface area contributed by atoms with Crippen molar-refractivity contribution in [3.63, 3.8) is 0 Å². The molecule has 1 aromatic heterocycles. The van der Waals surface area contributed by atoms with Crippen LogP contribution < -0.4 is 11.1 Å². The fraction of sp³-hybridized carbons (Fsp3) is 0.214. The number of hydrogen-bond acceptors (Lipinski definition) is 4. The molecule has 0 aliphatic rings. The van der Waals surface area contributed by atoms with Gasteiger partial charge in [-0.2, -0.15) is 0 Å². The van der Waals surface area contributed by atoms with Crippen molar-refractivity contribution in [3.8, 4) is 0 Å². The Morgan fingerprint density at radius 1 is 1.29 bits per heavy atom. The first-order valence-corrected chi connectivity index (χ1v) is 6.65. The van der Waals surface area contributed by atoms with Crippen LogP contribution >= 0.6 is 11.6 Å². The highest BCUT2D eigenvalue weighted by Gasteiger charge is 2.12. The Balaban J connectivity index is 2.03. The molecule has 2 aromatic rings. The van der Waals surface area contributed by atoms with Gasteiger partial charge in [0.2, 0.25) is 5.91 Å². The standard InChI is InChI=1S/C14H14ClN3O3/c15-13-10-4-2-1-3-9(10)11(7-18-13)14(20)17-5-6-21-8-12(16)19/h1-4,7H,5-6,8H2,(H2,16,19)(H,17,20). The summed E-state index contributed by atoms with van der Waals surface area (Å²) in [5.41, 5.74) is 5.36. The van der Waals surface area contributed by atoms with Crippen LogP contribution in [0.1, 0.15) is 10.4 Å². The number of hydrogen-bond donors (Lipinski definition) is 2. The van der Waals surface area contributed by atoms with Gasteiger partial charge in [0.05, 0.1) is 12.2 Å². The number of pyridine rings is 1. The molecule has 0 spiro atoms. The van der Waals surface area contributed by atoms with Gasteiger partial charge in [-0.3, -0.25) is 9.59 Å². The van der Waals surface area contributed by atoms with Crippen molar-refractivity contribution in [2.75, 3.05) is 19.8 Å². The zero-order valence-corrected chi connectivity index (χ0v) is 11.9. The number of nitrogens with two attached hydrogens (primary N) is 1. The van der Waals surface area contributed by atoms with E-state index in [2.05, 4.69) is 10.3 Å². The summed E-state index contributed by atoms with van der Waals surface area (Å²) in [5, 5.41) is 4.49. The molecule has 3 N–H and O–H groups in total. The maximum atomic E-state index is 12.1. The Morgan fingerprint density at radius 3 is 2.71 bits per heavy atom. The Labute approximate surface area is 126 Å². The van der Waals surface area contributed by atoms with E-state index in [0.29, 0.717) is 10.7 Å². The number of nitrogens with one attached hydrogen (secondary N) is 1. The van der Waals surface area contributed by atoms with Gasteiger partial charge in [0.15, 0.2) is 0 Å². The molecule has 0 saturated carbocycles. The lowest BCUT2D eigenvalue weighted by molar-refractivity contribution is -0.122. The Hall–Kier alpha value is -2.18. The highest BCUT2D eigenvalue weighted by molar-refractivity contribution is 6.34. The summed E-state index contributed by atoms with van der Waals surface area (Å²) in [6.45, 7) is 0.304. The van der Waals surface area contributed by atoms with Crippen molar-refractivity contribution >= 4 is 34.2 Å². The van der Waals surface area contributed by atoms with E-state index in [-0.39, 0.29) is 25.7 Å². The Bertz CT molecular complexity index is 676. The normalized spacial score (nSPS) is 10.5. The molecule has 6 nitrogen and oxygen atoms in total. The molecule has 0 radical (unpaired) electrons. The van der Waals surface area contributed by atoms with Crippen molar-refractivity contribution in [1.82, 2.24) is 10.3 Å². The number of fused-ring (bicyclic) bond motifs is 1. The maximum Gasteiger partial charge on any atom is 0.253 e. The third-order valence-electron chi connectivity index (χ3n) is 2.77. The second-order valence-corrected chi connectivity index (χ2v) is 4.64. The molecule has 21 heavy (non-hydrogen) atoms. The molecule has 2 amide bonds. The fourth-order valence-electron chi connectivity index (χ4n) is 1.84. The largest absolute Gasteiger partial charge is 0.370 e. The second kappa shape index (κ2) is 7.01. The van der Waals surface area contributed by atoms with Crippen LogP contribution in [0.25, 0.3) is 10.8 Å². The lowest BCUT2D eigenvalue weighted by Crippen LogP contribution is -2.29. The van der Waals surface area contributed by atoms with Gasteiger partial charge in [-0.15, -0.1) is 0 Å². The van der Waals surface area contributed by atoms with Gasteiger partial charge in [0.25, 0.3) is 5.91 Å². The maximum absolute atomic E-state index is 12.1. The molecule has 2 rings (SSSR count). The predicted molar refractivity (Wildman–Crippen MR) is 79.1 cm³/mol. The zero-order chi connectivity index (χ0) is 15.2. The number of carbonyl (C=O) groups excluding carboxylic acids is 2. The van der Waals surface area contributed by atoms with Gasteiger partial charge in [0.1, 0.15) is 11.8 Å². The third kappa shape index (κ3) is 3.90. The minimum Gasteiger partial charge on any atom is -0.370 e. The number of nitrogens with zero attached hydrogens (tertiary/aromatic N) is 1. The van der Waals surface area contributed by atoms with Gasteiger partial charge in [0, 0.05) is 18.1 Å². The molecule has 110 valence electrons. The summed E-state index contributed by atoms with van der Waals surface area (Å²) in [6, 6.07) is 7.26. The van der Waals surface area contributed by atoms with Gasteiger partial charge >= 0.3 is 0 Å². The summed E-state index contributed by atoms with van der Waals surface area (Å²) < 4.78 is 4.96. The quantitative estimate of drug-likeness (QED) is 0.617. The summed E-state index contributed by atoms with van der Waals surface area (Å²) in [7, 11) is 0.